The van der Waals surface area contributed by atoms with Crippen LogP contribution in [0.3, 0.4) is 0 Å². The Labute approximate surface area is 116 Å². The summed E-state index contributed by atoms with van der Waals surface area (Å²) in [5.41, 5.74) is 2.65. The van der Waals surface area contributed by atoms with Gasteiger partial charge >= 0.3 is 0 Å². The average molecular weight is 276 g/mol. The van der Waals surface area contributed by atoms with Crippen molar-refractivity contribution < 1.29 is 4.79 Å². The van der Waals surface area contributed by atoms with E-state index in [0.717, 1.165) is 35.0 Å². The fourth-order valence-electron chi connectivity index (χ4n) is 1.76. The van der Waals surface area contributed by atoms with Crippen molar-refractivity contribution in [2.75, 3.05) is 12.4 Å². The monoisotopic (exact) mass is 276 g/mol. The maximum atomic E-state index is 12.1. The first-order valence-electron chi connectivity index (χ1n) is 6.10. The Balaban J connectivity index is 2.12. The van der Waals surface area contributed by atoms with E-state index in [2.05, 4.69) is 20.2 Å². The van der Waals surface area contributed by atoms with Crippen LogP contribution in [0.2, 0.25) is 0 Å². The molecule has 19 heavy (non-hydrogen) atoms. The largest absolute Gasteiger partial charge is 0.321 e. The summed E-state index contributed by atoms with van der Waals surface area (Å²) in [6, 6.07) is 7.76. The second-order valence-corrected chi connectivity index (χ2v) is 4.84. The lowest BCUT2D eigenvalue weighted by atomic mass is 10.2. The van der Waals surface area contributed by atoms with Gasteiger partial charge in [-0.3, -0.25) is 4.79 Å². The Morgan fingerprint density at radius 3 is 3.00 bits per heavy atom. The van der Waals surface area contributed by atoms with Crippen molar-refractivity contribution >= 4 is 23.1 Å². The number of carbonyl (C=O) groups is 1. The predicted molar refractivity (Wildman–Crippen MR) is 76.4 cm³/mol. The number of anilines is 1. The third-order valence-corrected chi connectivity index (χ3v) is 3.43. The molecule has 0 unspecified atom stereocenters. The first kappa shape index (κ1) is 13.6. The van der Waals surface area contributed by atoms with E-state index in [1.165, 1.54) is 0 Å². The lowest BCUT2D eigenvalue weighted by molar-refractivity contribution is 0.102. The van der Waals surface area contributed by atoms with E-state index in [0.29, 0.717) is 11.3 Å². The molecule has 1 aromatic carbocycles. The topological polar surface area (TPSA) is 66.9 Å². The van der Waals surface area contributed by atoms with Gasteiger partial charge in [0.25, 0.3) is 5.91 Å². The molecule has 0 bridgehead atoms. The zero-order valence-corrected chi connectivity index (χ0v) is 11.8. The van der Waals surface area contributed by atoms with E-state index in [1.54, 1.807) is 0 Å². The number of rotatable bonds is 5. The van der Waals surface area contributed by atoms with Crippen molar-refractivity contribution in [2.24, 2.45) is 0 Å². The molecule has 0 aliphatic carbocycles. The molecule has 0 saturated carbocycles. The highest BCUT2D eigenvalue weighted by Gasteiger charge is 2.14. The van der Waals surface area contributed by atoms with Gasteiger partial charge in [-0.25, -0.2) is 0 Å². The molecule has 0 spiro atoms. The highest BCUT2D eigenvalue weighted by atomic mass is 32.1. The van der Waals surface area contributed by atoms with Crippen molar-refractivity contribution in [1.29, 1.82) is 0 Å². The normalized spacial score (nSPS) is 10.4. The molecule has 2 N–H and O–H groups in total. The van der Waals surface area contributed by atoms with Crippen LogP contribution in [0.15, 0.2) is 24.3 Å². The molecule has 2 aromatic rings. The number of carbonyl (C=O) groups excluding carboxylic acids is 1. The number of hydrogen-bond donors (Lipinski definition) is 2. The molecule has 1 heterocycles. The molecule has 2 rings (SSSR count). The summed E-state index contributed by atoms with van der Waals surface area (Å²) in [6.07, 6.45) is 0.707. The third kappa shape index (κ3) is 3.36. The molecule has 0 aliphatic rings. The Hall–Kier alpha value is -1.79. The molecule has 0 aliphatic heterocycles. The van der Waals surface area contributed by atoms with Crippen LogP contribution in [0, 0.1) is 0 Å². The molecular weight excluding hydrogens is 260 g/mol. The Bertz CT molecular complexity index is 567. The minimum absolute atomic E-state index is 0.145. The zero-order chi connectivity index (χ0) is 13.7. The van der Waals surface area contributed by atoms with Crippen LogP contribution in [0.4, 0.5) is 5.69 Å². The first-order valence-corrected chi connectivity index (χ1v) is 6.88. The van der Waals surface area contributed by atoms with Crippen LogP contribution in [0.25, 0.3) is 0 Å². The molecule has 1 aromatic heterocycles. The van der Waals surface area contributed by atoms with Crippen LogP contribution < -0.4 is 10.6 Å². The zero-order valence-electron chi connectivity index (χ0n) is 10.9. The summed E-state index contributed by atoms with van der Waals surface area (Å²) >= 11 is 1.13. The van der Waals surface area contributed by atoms with Gasteiger partial charge in [0.1, 0.15) is 4.88 Å². The molecule has 100 valence electrons. The van der Waals surface area contributed by atoms with Crippen molar-refractivity contribution in [3.05, 3.63) is 40.4 Å². The summed E-state index contributed by atoms with van der Waals surface area (Å²) in [5.74, 6) is -0.145. The number of nitrogens with one attached hydrogen (secondary N) is 2. The summed E-state index contributed by atoms with van der Waals surface area (Å²) in [4.78, 5) is 12.7. The van der Waals surface area contributed by atoms with Crippen LogP contribution in [-0.2, 0) is 13.0 Å². The molecule has 0 saturated heterocycles. The smallest absolute Gasteiger partial charge is 0.269 e. The number of aryl methyl sites for hydroxylation is 1. The number of benzene rings is 1. The summed E-state index contributed by atoms with van der Waals surface area (Å²) in [7, 11) is 1.89. The Morgan fingerprint density at radius 1 is 1.42 bits per heavy atom. The lowest BCUT2D eigenvalue weighted by Gasteiger charge is -2.06. The quantitative estimate of drug-likeness (QED) is 0.877. The third-order valence-electron chi connectivity index (χ3n) is 2.66. The summed E-state index contributed by atoms with van der Waals surface area (Å²) in [5, 5.41) is 9.90. The Morgan fingerprint density at radius 2 is 2.26 bits per heavy atom. The van der Waals surface area contributed by atoms with Gasteiger partial charge in [0.15, 0.2) is 0 Å². The van der Waals surface area contributed by atoms with Crippen molar-refractivity contribution in [1.82, 2.24) is 14.9 Å². The molecule has 0 fully saturated rings. The number of amides is 1. The fourth-order valence-corrected chi connectivity index (χ4v) is 2.41. The van der Waals surface area contributed by atoms with Gasteiger partial charge in [0.2, 0.25) is 0 Å². The van der Waals surface area contributed by atoms with E-state index in [1.807, 2.05) is 38.2 Å². The van der Waals surface area contributed by atoms with E-state index in [-0.39, 0.29) is 5.91 Å². The van der Waals surface area contributed by atoms with Gasteiger partial charge in [0.05, 0.1) is 5.69 Å². The maximum absolute atomic E-state index is 12.1. The SMILES string of the molecule is CCc1nnsc1C(=O)Nc1cccc(CNC)c1. The standard InChI is InChI=1S/C13H16N4OS/c1-3-11-12(19-17-16-11)13(18)15-10-6-4-5-9(7-10)8-14-2/h4-7,14H,3,8H2,1-2H3,(H,15,18). The van der Waals surface area contributed by atoms with E-state index in [9.17, 15) is 4.79 Å². The predicted octanol–water partition coefficient (Wildman–Crippen LogP) is 2.07. The first-order chi connectivity index (χ1) is 9.24. The number of nitrogens with zero attached hydrogens (tertiary/aromatic N) is 2. The number of aromatic nitrogens is 2. The second-order valence-electron chi connectivity index (χ2n) is 4.09. The van der Waals surface area contributed by atoms with Gasteiger partial charge in [-0.2, -0.15) is 0 Å². The van der Waals surface area contributed by atoms with Crippen molar-refractivity contribution in [3.8, 4) is 0 Å². The number of hydrogen-bond acceptors (Lipinski definition) is 5. The van der Waals surface area contributed by atoms with Crippen LogP contribution in [0.5, 0.6) is 0 Å². The van der Waals surface area contributed by atoms with Gasteiger partial charge in [-0.1, -0.05) is 23.5 Å². The van der Waals surface area contributed by atoms with E-state index >= 15 is 0 Å². The van der Waals surface area contributed by atoms with Gasteiger partial charge < -0.3 is 10.6 Å². The highest BCUT2D eigenvalue weighted by Crippen LogP contribution is 2.16. The van der Waals surface area contributed by atoms with Crippen LogP contribution in [0.1, 0.15) is 27.9 Å². The van der Waals surface area contributed by atoms with Crippen LogP contribution in [-0.4, -0.2) is 22.5 Å². The summed E-state index contributed by atoms with van der Waals surface area (Å²) < 4.78 is 3.82. The maximum Gasteiger partial charge on any atom is 0.269 e. The minimum atomic E-state index is -0.145. The molecule has 0 radical (unpaired) electrons. The van der Waals surface area contributed by atoms with E-state index < -0.39 is 0 Å². The molecule has 5 nitrogen and oxygen atoms in total. The van der Waals surface area contributed by atoms with E-state index in [4.69, 9.17) is 0 Å². The fraction of sp³-hybridized carbons (Fsp3) is 0.308. The van der Waals surface area contributed by atoms with Crippen LogP contribution >= 0.6 is 11.5 Å². The molecule has 0 atom stereocenters. The van der Waals surface area contributed by atoms with Crippen molar-refractivity contribution in [3.63, 3.8) is 0 Å². The minimum Gasteiger partial charge on any atom is -0.321 e. The lowest BCUT2D eigenvalue weighted by Crippen LogP contribution is -2.13. The van der Waals surface area contributed by atoms with Gasteiger partial charge in [-0.05, 0) is 42.7 Å². The van der Waals surface area contributed by atoms with Gasteiger partial charge in [0, 0.05) is 12.2 Å². The Kier molecular flexibility index (Phi) is 4.59. The highest BCUT2D eigenvalue weighted by molar-refractivity contribution is 7.08. The molecular formula is C13H16N4OS. The average Bonchev–Trinajstić information content (AvgIpc) is 2.88. The second kappa shape index (κ2) is 6.40. The molecule has 6 heteroatoms. The summed E-state index contributed by atoms with van der Waals surface area (Å²) in [6.45, 7) is 2.73. The van der Waals surface area contributed by atoms with Crippen molar-refractivity contribution in [2.45, 2.75) is 19.9 Å². The molecule has 1 amide bonds. The van der Waals surface area contributed by atoms with Gasteiger partial charge in [-0.15, -0.1) is 5.10 Å².